The highest BCUT2D eigenvalue weighted by atomic mass is 14.7. The summed E-state index contributed by atoms with van der Waals surface area (Å²) >= 11 is 0. The second kappa shape index (κ2) is 3.98. The van der Waals surface area contributed by atoms with Crippen molar-refractivity contribution in [2.75, 3.05) is 0 Å². The molecular weight excluding hydrogens is 208 g/mol. The average Bonchev–Trinajstić information content (AvgIpc) is 2.38. The highest BCUT2D eigenvalue weighted by Gasteiger charge is 2.01. The van der Waals surface area contributed by atoms with Crippen molar-refractivity contribution in [3.8, 4) is 11.3 Å². The number of aromatic nitrogens is 2. The summed E-state index contributed by atoms with van der Waals surface area (Å²) in [7, 11) is 0. The van der Waals surface area contributed by atoms with Crippen molar-refractivity contribution in [2.45, 2.75) is 6.92 Å². The molecule has 0 unspecified atom stereocenters. The summed E-state index contributed by atoms with van der Waals surface area (Å²) in [6.07, 6.45) is 3.66. The van der Waals surface area contributed by atoms with E-state index in [1.807, 2.05) is 24.5 Å². The minimum atomic E-state index is 0.998. The van der Waals surface area contributed by atoms with Crippen molar-refractivity contribution in [1.29, 1.82) is 0 Å². The van der Waals surface area contributed by atoms with Crippen LogP contribution in [0.5, 0.6) is 0 Å². The maximum atomic E-state index is 4.39. The fraction of sp³-hybridized carbons (Fsp3) is 0.0667. The molecule has 0 bridgehead atoms. The number of benzene rings is 1. The van der Waals surface area contributed by atoms with E-state index in [-0.39, 0.29) is 0 Å². The molecule has 1 aromatic carbocycles. The van der Waals surface area contributed by atoms with Gasteiger partial charge < -0.3 is 0 Å². The molecule has 2 heteroatoms. The topological polar surface area (TPSA) is 25.8 Å². The lowest BCUT2D eigenvalue weighted by Crippen LogP contribution is -1.85. The average molecular weight is 220 g/mol. The number of nitrogens with zero attached hydrogens (tertiary/aromatic N) is 2. The van der Waals surface area contributed by atoms with Gasteiger partial charge in [0.2, 0.25) is 0 Å². The first kappa shape index (κ1) is 9.97. The van der Waals surface area contributed by atoms with E-state index in [9.17, 15) is 0 Å². The van der Waals surface area contributed by atoms with E-state index in [2.05, 4.69) is 47.2 Å². The Labute approximate surface area is 100.0 Å². The van der Waals surface area contributed by atoms with Gasteiger partial charge in [0.15, 0.2) is 0 Å². The van der Waals surface area contributed by atoms with E-state index in [4.69, 9.17) is 0 Å². The van der Waals surface area contributed by atoms with Crippen LogP contribution in [0.15, 0.2) is 54.9 Å². The molecule has 2 nitrogen and oxygen atoms in total. The molecule has 0 fully saturated rings. The molecule has 0 saturated carbocycles. The maximum absolute atomic E-state index is 4.39. The smallest absolute Gasteiger partial charge is 0.0708 e. The Morgan fingerprint density at radius 1 is 0.882 bits per heavy atom. The third kappa shape index (κ3) is 1.89. The van der Waals surface area contributed by atoms with Gasteiger partial charge in [-0.05, 0) is 36.8 Å². The summed E-state index contributed by atoms with van der Waals surface area (Å²) < 4.78 is 0. The molecule has 2 heterocycles. The van der Waals surface area contributed by atoms with Gasteiger partial charge in [-0.25, -0.2) is 0 Å². The molecule has 0 saturated heterocycles. The maximum Gasteiger partial charge on any atom is 0.0708 e. The molecule has 82 valence electrons. The van der Waals surface area contributed by atoms with Crippen LogP contribution in [-0.2, 0) is 0 Å². The molecule has 0 N–H and O–H groups in total. The highest BCUT2D eigenvalue weighted by Crippen LogP contribution is 2.21. The zero-order valence-corrected chi connectivity index (χ0v) is 9.59. The highest BCUT2D eigenvalue weighted by molar-refractivity contribution is 5.83. The van der Waals surface area contributed by atoms with Gasteiger partial charge in [-0.3, -0.25) is 9.97 Å². The SMILES string of the molecule is Cc1ccnc(-c2ccc3cccnc3c2)c1. The van der Waals surface area contributed by atoms with Gasteiger partial charge >= 0.3 is 0 Å². The van der Waals surface area contributed by atoms with Crippen LogP contribution in [-0.4, -0.2) is 9.97 Å². The molecule has 0 spiro atoms. The van der Waals surface area contributed by atoms with E-state index in [0.717, 1.165) is 22.2 Å². The number of hydrogen-bond donors (Lipinski definition) is 0. The molecule has 0 aliphatic carbocycles. The Morgan fingerprint density at radius 2 is 1.82 bits per heavy atom. The van der Waals surface area contributed by atoms with Crippen LogP contribution >= 0.6 is 0 Å². The molecule has 0 aliphatic heterocycles. The lowest BCUT2D eigenvalue weighted by molar-refractivity contribution is 1.29. The van der Waals surface area contributed by atoms with Crippen LogP contribution in [0.4, 0.5) is 0 Å². The van der Waals surface area contributed by atoms with Crippen LogP contribution in [0, 0.1) is 6.92 Å². The monoisotopic (exact) mass is 220 g/mol. The lowest BCUT2D eigenvalue weighted by Gasteiger charge is -2.03. The first-order chi connectivity index (χ1) is 8.33. The number of rotatable bonds is 1. The molecule has 3 rings (SSSR count). The van der Waals surface area contributed by atoms with E-state index >= 15 is 0 Å². The van der Waals surface area contributed by atoms with E-state index in [1.54, 1.807) is 0 Å². The number of aryl methyl sites for hydroxylation is 1. The van der Waals surface area contributed by atoms with Gasteiger partial charge in [0, 0.05) is 23.3 Å². The summed E-state index contributed by atoms with van der Waals surface area (Å²) in [5.41, 5.74) is 4.34. The summed E-state index contributed by atoms with van der Waals surface area (Å²) in [4.78, 5) is 8.75. The van der Waals surface area contributed by atoms with Gasteiger partial charge in [0.05, 0.1) is 11.2 Å². The Balaban J connectivity index is 2.18. The standard InChI is InChI=1S/C15H12N2/c1-11-6-8-17-14(9-11)13-5-4-12-3-2-7-16-15(12)10-13/h2-10H,1H3. The summed E-state index contributed by atoms with van der Waals surface area (Å²) in [6, 6.07) is 14.4. The van der Waals surface area contributed by atoms with Gasteiger partial charge in [-0.1, -0.05) is 18.2 Å². The summed E-state index contributed by atoms with van der Waals surface area (Å²) in [5.74, 6) is 0. The first-order valence-electron chi connectivity index (χ1n) is 5.61. The number of fused-ring (bicyclic) bond motifs is 1. The third-order valence-corrected chi connectivity index (χ3v) is 2.82. The molecule has 17 heavy (non-hydrogen) atoms. The van der Waals surface area contributed by atoms with E-state index in [0.29, 0.717) is 0 Å². The lowest BCUT2D eigenvalue weighted by atomic mass is 10.1. The van der Waals surface area contributed by atoms with Crippen LogP contribution in [0.1, 0.15) is 5.56 Å². The Bertz CT molecular complexity index is 674. The van der Waals surface area contributed by atoms with Crippen molar-refractivity contribution in [2.24, 2.45) is 0 Å². The minimum Gasteiger partial charge on any atom is -0.256 e. The van der Waals surface area contributed by atoms with Gasteiger partial charge in [-0.2, -0.15) is 0 Å². The second-order valence-electron chi connectivity index (χ2n) is 4.13. The molecular formula is C15H12N2. The second-order valence-corrected chi connectivity index (χ2v) is 4.13. The van der Waals surface area contributed by atoms with Crippen molar-refractivity contribution in [1.82, 2.24) is 9.97 Å². The normalized spacial score (nSPS) is 10.6. The Hall–Kier alpha value is -2.22. The first-order valence-corrected chi connectivity index (χ1v) is 5.61. The molecule has 0 amide bonds. The van der Waals surface area contributed by atoms with E-state index in [1.165, 1.54) is 5.56 Å². The van der Waals surface area contributed by atoms with Crippen molar-refractivity contribution >= 4 is 10.9 Å². The molecule has 0 radical (unpaired) electrons. The van der Waals surface area contributed by atoms with Gasteiger partial charge in [0.1, 0.15) is 0 Å². The van der Waals surface area contributed by atoms with E-state index < -0.39 is 0 Å². The predicted octanol–water partition coefficient (Wildman–Crippen LogP) is 3.61. The molecule has 2 aromatic heterocycles. The minimum absolute atomic E-state index is 0.998. The van der Waals surface area contributed by atoms with Crippen molar-refractivity contribution in [3.63, 3.8) is 0 Å². The van der Waals surface area contributed by atoms with Crippen molar-refractivity contribution in [3.05, 3.63) is 60.4 Å². The largest absolute Gasteiger partial charge is 0.256 e. The zero-order valence-electron chi connectivity index (χ0n) is 9.59. The Morgan fingerprint density at radius 3 is 2.71 bits per heavy atom. The fourth-order valence-corrected chi connectivity index (χ4v) is 1.92. The van der Waals surface area contributed by atoms with Gasteiger partial charge in [0.25, 0.3) is 0 Å². The molecule has 3 aromatic rings. The molecule has 0 atom stereocenters. The number of pyridine rings is 2. The van der Waals surface area contributed by atoms with Crippen LogP contribution in [0.2, 0.25) is 0 Å². The zero-order chi connectivity index (χ0) is 11.7. The van der Waals surface area contributed by atoms with Gasteiger partial charge in [-0.15, -0.1) is 0 Å². The third-order valence-electron chi connectivity index (χ3n) is 2.82. The number of hydrogen-bond acceptors (Lipinski definition) is 2. The summed E-state index contributed by atoms with van der Waals surface area (Å²) in [6.45, 7) is 2.07. The van der Waals surface area contributed by atoms with Crippen LogP contribution in [0.3, 0.4) is 0 Å². The van der Waals surface area contributed by atoms with Crippen molar-refractivity contribution < 1.29 is 0 Å². The fourth-order valence-electron chi connectivity index (χ4n) is 1.92. The van der Waals surface area contributed by atoms with Crippen LogP contribution < -0.4 is 0 Å². The predicted molar refractivity (Wildman–Crippen MR) is 69.7 cm³/mol. The Kier molecular flexibility index (Phi) is 2.33. The quantitative estimate of drug-likeness (QED) is 0.626. The van der Waals surface area contributed by atoms with Crippen LogP contribution in [0.25, 0.3) is 22.2 Å². The summed E-state index contributed by atoms with van der Waals surface area (Å²) in [5, 5.41) is 1.16. The molecule has 0 aliphatic rings.